The predicted octanol–water partition coefficient (Wildman–Crippen LogP) is 5.56. The molecule has 1 aromatic heterocycles. The second kappa shape index (κ2) is 6.60. The summed E-state index contributed by atoms with van der Waals surface area (Å²) in [5.41, 5.74) is 12.0. The lowest BCUT2D eigenvalue weighted by atomic mass is 9.96. The normalized spacial score (nSPS) is 14.7. The molecule has 4 rings (SSSR count). The minimum absolute atomic E-state index is 0.688. The molecule has 0 saturated heterocycles. The Kier molecular flexibility index (Phi) is 4.14. The van der Waals surface area contributed by atoms with Crippen LogP contribution in [0.25, 0.3) is 16.6 Å². The molecule has 3 heteroatoms. The number of hydrogen-bond acceptors (Lipinski definition) is 3. The highest BCUT2D eigenvalue weighted by atomic mass is 14.9. The third kappa shape index (κ3) is 3.10. The standard InChI is InChI=1S/C22H23N3/c1-15(16-8-10-18(11-9-16)17-5-2-3-6-17)25-21-13-12-20(23)22-19(21)7-4-14-24-22/h4,7-14,17,25H,1-3,5-6,23H2. The highest BCUT2D eigenvalue weighted by Crippen LogP contribution is 2.34. The molecule has 1 fully saturated rings. The van der Waals surface area contributed by atoms with Crippen LogP contribution >= 0.6 is 0 Å². The average molecular weight is 329 g/mol. The van der Waals surface area contributed by atoms with Gasteiger partial charge in [-0.25, -0.2) is 0 Å². The number of fused-ring (bicyclic) bond motifs is 1. The number of nitrogens with one attached hydrogen (secondary N) is 1. The van der Waals surface area contributed by atoms with Gasteiger partial charge in [0.1, 0.15) is 0 Å². The second-order valence-corrected chi connectivity index (χ2v) is 6.81. The largest absolute Gasteiger partial charge is 0.397 e. The summed E-state index contributed by atoms with van der Waals surface area (Å²) in [7, 11) is 0. The molecular weight excluding hydrogens is 306 g/mol. The molecule has 0 atom stereocenters. The molecule has 1 saturated carbocycles. The molecule has 0 spiro atoms. The topological polar surface area (TPSA) is 50.9 Å². The van der Waals surface area contributed by atoms with E-state index in [1.165, 1.54) is 31.2 Å². The van der Waals surface area contributed by atoms with Gasteiger partial charge >= 0.3 is 0 Å². The van der Waals surface area contributed by atoms with Crippen molar-refractivity contribution in [3.05, 3.63) is 72.4 Å². The first-order valence-electron chi connectivity index (χ1n) is 8.92. The lowest BCUT2D eigenvalue weighted by Crippen LogP contribution is -2.00. The van der Waals surface area contributed by atoms with Crippen molar-refractivity contribution in [2.24, 2.45) is 0 Å². The minimum atomic E-state index is 0.688. The van der Waals surface area contributed by atoms with E-state index in [0.29, 0.717) is 5.69 Å². The lowest BCUT2D eigenvalue weighted by Gasteiger charge is -2.15. The first-order chi connectivity index (χ1) is 12.2. The van der Waals surface area contributed by atoms with Gasteiger partial charge in [0.15, 0.2) is 0 Å². The molecular formula is C22H23N3. The molecule has 0 radical (unpaired) electrons. The van der Waals surface area contributed by atoms with Gasteiger partial charge < -0.3 is 11.1 Å². The summed E-state index contributed by atoms with van der Waals surface area (Å²) in [6.45, 7) is 4.21. The van der Waals surface area contributed by atoms with Gasteiger partial charge in [0.25, 0.3) is 0 Å². The van der Waals surface area contributed by atoms with Gasteiger partial charge in [0.2, 0.25) is 0 Å². The average Bonchev–Trinajstić information content (AvgIpc) is 3.19. The van der Waals surface area contributed by atoms with Gasteiger partial charge in [-0.2, -0.15) is 0 Å². The summed E-state index contributed by atoms with van der Waals surface area (Å²) in [6.07, 6.45) is 7.13. The highest BCUT2D eigenvalue weighted by molar-refractivity contribution is 6.00. The lowest BCUT2D eigenvalue weighted by molar-refractivity contribution is 0.723. The number of nitrogen functional groups attached to an aromatic ring is 1. The van der Waals surface area contributed by atoms with Crippen LogP contribution in [0.3, 0.4) is 0 Å². The molecule has 0 bridgehead atoms. The van der Waals surface area contributed by atoms with Crippen molar-refractivity contribution in [1.82, 2.24) is 4.98 Å². The smallest absolute Gasteiger partial charge is 0.0951 e. The molecule has 0 amide bonds. The van der Waals surface area contributed by atoms with Gasteiger partial charge in [0.05, 0.1) is 11.2 Å². The zero-order chi connectivity index (χ0) is 17.2. The Morgan fingerprint density at radius 2 is 1.80 bits per heavy atom. The second-order valence-electron chi connectivity index (χ2n) is 6.81. The third-order valence-electron chi connectivity index (χ3n) is 5.17. The van der Waals surface area contributed by atoms with Gasteiger partial charge in [-0.05, 0) is 54.2 Å². The Balaban J connectivity index is 1.57. The van der Waals surface area contributed by atoms with E-state index in [0.717, 1.165) is 33.8 Å². The summed E-state index contributed by atoms with van der Waals surface area (Å²) in [5, 5.41) is 4.43. The number of aromatic nitrogens is 1. The zero-order valence-electron chi connectivity index (χ0n) is 14.3. The number of rotatable bonds is 4. The van der Waals surface area contributed by atoms with E-state index in [1.807, 2.05) is 24.3 Å². The molecule has 3 aromatic rings. The fourth-order valence-corrected chi connectivity index (χ4v) is 3.75. The predicted molar refractivity (Wildman–Crippen MR) is 106 cm³/mol. The van der Waals surface area contributed by atoms with Crippen molar-refractivity contribution in [3.8, 4) is 0 Å². The number of pyridine rings is 1. The van der Waals surface area contributed by atoms with Crippen molar-refractivity contribution >= 4 is 28.0 Å². The van der Waals surface area contributed by atoms with Crippen LogP contribution in [0.5, 0.6) is 0 Å². The number of benzene rings is 2. The summed E-state index contributed by atoms with van der Waals surface area (Å²) < 4.78 is 0. The molecule has 2 aromatic carbocycles. The summed E-state index contributed by atoms with van der Waals surface area (Å²) in [5.74, 6) is 0.738. The van der Waals surface area contributed by atoms with E-state index in [1.54, 1.807) is 6.20 Å². The monoisotopic (exact) mass is 329 g/mol. The summed E-state index contributed by atoms with van der Waals surface area (Å²) in [4.78, 5) is 4.38. The van der Waals surface area contributed by atoms with Crippen molar-refractivity contribution in [2.75, 3.05) is 11.1 Å². The molecule has 0 aliphatic heterocycles. The fourth-order valence-electron chi connectivity index (χ4n) is 3.75. The van der Waals surface area contributed by atoms with E-state index in [2.05, 4.69) is 41.1 Å². The van der Waals surface area contributed by atoms with Crippen LogP contribution in [0.4, 0.5) is 11.4 Å². The van der Waals surface area contributed by atoms with Gasteiger partial charge in [-0.3, -0.25) is 4.98 Å². The quantitative estimate of drug-likeness (QED) is 0.616. The van der Waals surface area contributed by atoms with Crippen LogP contribution in [-0.4, -0.2) is 4.98 Å². The SMILES string of the molecule is C=C(Nc1ccc(N)c2ncccc12)c1ccc(C2CCCC2)cc1. The van der Waals surface area contributed by atoms with Crippen LogP contribution in [0.15, 0.2) is 61.3 Å². The van der Waals surface area contributed by atoms with Gasteiger partial charge in [-0.15, -0.1) is 0 Å². The maximum absolute atomic E-state index is 6.03. The Hall–Kier alpha value is -2.81. The Labute approximate surface area is 148 Å². The maximum Gasteiger partial charge on any atom is 0.0951 e. The molecule has 3 N–H and O–H groups in total. The highest BCUT2D eigenvalue weighted by Gasteiger charge is 2.16. The van der Waals surface area contributed by atoms with E-state index < -0.39 is 0 Å². The minimum Gasteiger partial charge on any atom is -0.397 e. The Morgan fingerprint density at radius 1 is 1.04 bits per heavy atom. The van der Waals surface area contributed by atoms with Crippen LogP contribution < -0.4 is 11.1 Å². The zero-order valence-corrected chi connectivity index (χ0v) is 14.3. The molecule has 126 valence electrons. The fraction of sp³-hybridized carbons (Fsp3) is 0.227. The van der Waals surface area contributed by atoms with Crippen LogP contribution in [0.1, 0.15) is 42.7 Å². The third-order valence-corrected chi connectivity index (χ3v) is 5.17. The summed E-state index contributed by atoms with van der Waals surface area (Å²) in [6, 6.07) is 16.7. The molecule has 25 heavy (non-hydrogen) atoms. The molecule has 1 aliphatic carbocycles. The van der Waals surface area contributed by atoms with Crippen LogP contribution in [0.2, 0.25) is 0 Å². The number of nitrogens with zero attached hydrogens (tertiary/aromatic N) is 1. The van der Waals surface area contributed by atoms with E-state index in [9.17, 15) is 0 Å². The number of hydrogen-bond donors (Lipinski definition) is 2. The van der Waals surface area contributed by atoms with Gasteiger partial charge in [-0.1, -0.05) is 43.7 Å². The van der Waals surface area contributed by atoms with Crippen LogP contribution in [-0.2, 0) is 0 Å². The van der Waals surface area contributed by atoms with Crippen molar-refractivity contribution in [1.29, 1.82) is 0 Å². The first kappa shape index (κ1) is 15.7. The van der Waals surface area contributed by atoms with Crippen molar-refractivity contribution in [3.63, 3.8) is 0 Å². The van der Waals surface area contributed by atoms with Gasteiger partial charge in [0, 0.05) is 23.0 Å². The van der Waals surface area contributed by atoms with Crippen LogP contribution in [0, 0.1) is 0 Å². The number of anilines is 2. The Morgan fingerprint density at radius 3 is 2.56 bits per heavy atom. The number of nitrogens with two attached hydrogens (primary N) is 1. The Bertz CT molecular complexity index is 906. The molecule has 0 unspecified atom stereocenters. The van der Waals surface area contributed by atoms with Crippen molar-refractivity contribution < 1.29 is 0 Å². The maximum atomic E-state index is 6.03. The summed E-state index contributed by atoms with van der Waals surface area (Å²) >= 11 is 0. The first-order valence-corrected chi connectivity index (χ1v) is 8.92. The molecule has 1 aliphatic rings. The van der Waals surface area contributed by atoms with E-state index in [4.69, 9.17) is 5.73 Å². The van der Waals surface area contributed by atoms with Crippen molar-refractivity contribution in [2.45, 2.75) is 31.6 Å². The van der Waals surface area contributed by atoms with E-state index >= 15 is 0 Å². The van der Waals surface area contributed by atoms with E-state index in [-0.39, 0.29) is 0 Å². The molecule has 1 heterocycles. The molecule has 3 nitrogen and oxygen atoms in total.